The van der Waals surface area contributed by atoms with Crippen molar-refractivity contribution in [2.45, 2.75) is 83.3 Å². The Labute approximate surface area is 199 Å². The summed E-state index contributed by atoms with van der Waals surface area (Å²) in [4.78, 5) is 14.4. The molecular weight excluding hydrogens is 410 g/mol. The van der Waals surface area contributed by atoms with E-state index in [-0.39, 0.29) is 12.0 Å². The van der Waals surface area contributed by atoms with Crippen LogP contribution < -0.4 is 0 Å². The standard InChI is InChI=1S/C29H41NO3/c1-21-8-7-10-22(16-21)18-25(31)12-13-26-27-19-23(17-24(27)20-28(26)32)9-3-4-11-29(33)30-14-5-2-6-15-30/h7-8,10,12-13,16-17,24-28,31-32H,2-6,9,11,14-15,18-20H2,1H3/t24-,25-,26+,27-,28+/m0/s1. The quantitative estimate of drug-likeness (QED) is 0.412. The highest BCUT2D eigenvalue weighted by atomic mass is 16.3. The van der Waals surface area contributed by atoms with E-state index < -0.39 is 6.10 Å². The van der Waals surface area contributed by atoms with Gasteiger partial charge in [0.25, 0.3) is 0 Å². The van der Waals surface area contributed by atoms with Gasteiger partial charge >= 0.3 is 0 Å². The van der Waals surface area contributed by atoms with E-state index in [2.05, 4.69) is 42.2 Å². The number of unbranched alkanes of at least 4 members (excludes halogenated alkanes) is 1. The van der Waals surface area contributed by atoms with Crippen LogP contribution in [-0.2, 0) is 11.2 Å². The van der Waals surface area contributed by atoms with Gasteiger partial charge in [-0.15, -0.1) is 0 Å². The molecular formula is C29H41NO3. The number of rotatable bonds is 9. The van der Waals surface area contributed by atoms with Crippen LogP contribution in [0.3, 0.4) is 0 Å². The fraction of sp³-hybridized carbons (Fsp3) is 0.621. The Kier molecular flexibility index (Phi) is 8.43. The van der Waals surface area contributed by atoms with E-state index in [4.69, 9.17) is 0 Å². The summed E-state index contributed by atoms with van der Waals surface area (Å²) >= 11 is 0. The number of carbonyl (C=O) groups is 1. The summed E-state index contributed by atoms with van der Waals surface area (Å²) in [7, 11) is 0. The first-order valence-corrected chi connectivity index (χ1v) is 13.1. The van der Waals surface area contributed by atoms with E-state index in [1.165, 1.54) is 17.6 Å². The van der Waals surface area contributed by atoms with Gasteiger partial charge in [0.15, 0.2) is 0 Å². The highest BCUT2D eigenvalue weighted by Gasteiger charge is 2.43. The van der Waals surface area contributed by atoms with E-state index in [0.29, 0.717) is 30.6 Å². The minimum atomic E-state index is -0.524. The molecule has 1 amide bonds. The molecule has 4 nitrogen and oxygen atoms in total. The average molecular weight is 452 g/mol. The third-order valence-corrected chi connectivity index (χ3v) is 7.88. The van der Waals surface area contributed by atoms with E-state index >= 15 is 0 Å². The maximum atomic E-state index is 12.3. The number of nitrogens with zero attached hydrogens (tertiary/aromatic N) is 1. The molecule has 3 aliphatic rings. The van der Waals surface area contributed by atoms with E-state index in [9.17, 15) is 15.0 Å². The van der Waals surface area contributed by atoms with Crippen LogP contribution in [0.15, 0.2) is 48.1 Å². The largest absolute Gasteiger partial charge is 0.392 e. The topological polar surface area (TPSA) is 60.8 Å². The Balaban J connectivity index is 1.21. The number of fused-ring (bicyclic) bond motifs is 1. The van der Waals surface area contributed by atoms with Crippen molar-refractivity contribution in [1.82, 2.24) is 4.90 Å². The summed E-state index contributed by atoms with van der Waals surface area (Å²) in [6.07, 6.45) is 15.4. The Morgan fingerprint density at radius 1 is 1.21 bits per heavy atom. The molecule has 180 valence electrons. The first-order valence-electron chi connectivity index (χ1n) is 13.1. The maximum absolute atomic E-state index is 12.3. The van der Waals surface area contributed by atoms with Crippen LogP contribution in [0.5, 0.6) is 0 Å². The first kappa shape index (κ1) is 24.2. The molecule has 0 unspecified atom stereocenters. The molecule has 0 aromatic heterocycles. The van der Waals surface area contributed by atoms with E-state index in [1.54, 1.807) is 0 Å². The molecule has 1 heterocycles. The second-order valence-electron chi connectivity index (χ2n) is 10.5. The summed E-state index contributed by atoms with van der Waals surface area (Å²) in [5, 5.41) is 21.1. The number of hydrogen-bond acceptors (Lipinski definition) is 3. The summed E-state index contributed by atoms with van der Waals surface area (Å²) in [6, 6.07) is 8.27. The molecule has 4 rings (SSSR count). The molecule has 0 radical (unpaired) electrons. The normalized spacial score (nSPS) is 28.2. The Bertz CT molecular complexity index is 854. The predicted octanol–water partition coefficient (Wildman–Crippen LogP) is 4.97. The van der Waals surface area contributed by atoms with Gasteiger partial charge in [-0.25, -0.2) is 0 Å². The Hall–Kier alpha value is -1.91. The van der Waals surface area contributed by atoms with Crippen LogP contribution in [0, 0.1) is 24.7 Å². The number of carbonyl (C=O) groups excluding carboxylic acids is 1. The fourth-order valence-corrected chi connectivity index (χ4v) is 6.13. The number of aliphatic hydroxyl groups excluding tert-OH is 2. The van der Waals surface area contributed by atoms with Gasteiger partial charge in [0, 0.05) is 31.8 Å². The second-order valence-corrected chi connectivity index (χ2v) is 10.5. The lowest BCUT2D eigenvalue weighted by Gasteiger charge is -2.26. The molecule has 1 aromatic rings. The monoisotopic (exact) mass is 451 g/mol. The van der Waals surface area contributed by atoms with Crippen LogP contribution in [0.2, 0.25) is 0 Å². The molecule has 2 N–H and O–H groups in total. The molecule has 1 saturated heterocycles. The van der Waals surface area contributed by atoms with Gasteiger partial charge in [0.1, 0.15) is 0 Å². The molecule has 2 fully saturated rings. The van der Waals surface area contributed by atoms with Gasteiger partial charge in [-0.2, -0.15) is 0 Å². The second kappa shape index (κ2) is 11.5. The predicted molar refractivity (Wildman–Crippen MR) is 133 cm³/mol. The molecule has 2 aliphatic carbocycles. The van der Waals surface area contributed by atoms with Crippen LogP contribution >= 0.6 is 0 Å². The lowest BCUT2D eigenvalue weighted by Crippen LogP contribution is -2.35. The van der Waals surface area contributed by atoms with Gasteiger partial charge in [0.05, 0.1) is 12.2 Å². The van der Waals surface area contributed by atoms with Crippen molar-refractivity contribution in [3.05, 3.63) is 59.2 Å². The van der Waals surface area contributed by atoms with Crippen molar-refractivity contribution in [2.75, 3.05) is 13.1 Å². The fourth-order valence-electron chi connectivity index (χ4n) is 6.13. The molecule has 5 atom stereocenters. The van der Waals surface area contributed by atoms with Gasteiger partial charge < -0.3 is 15.1 Å². The SMILES string of the molecule is Cc1cccc(C[C@@H](O)C=C[C@@H]2[C@H]3CC(CCCCC(=O)N4CCCCC4)=C[C@H]3C[C@H]2O)c1. The molecule has 1 saturated carbocycles. The highest BCUT2D eigenvalue weighted by molar-refractivity contribution is 5.76. The lowest BCUT2D eigenvalue weighted by atomic mass is 9.88. The zero-order valence-electron chi connectivity index (χ0n) is 20.2. The Morgan fingerprint density at radius 2 is 2.03 bits per heavy atom. The van der Waals surface area contributed by atoms with Gasteiger partial charge in [-0.3, -0.25) is 4.79 Å². The summed E-state index contributed by atoms with van der Waals surface area (Å²) < 4.78 is 0. The van der Waals surface area contributed by atoms with E-state index in [1.807, 2.05) is 12.1 Å². The maximum Gasteiger partial charge on any atom is 0.222 e. The van der Waals surface area contributed by atoms with Crippen LogP contribution in [-0.4, -0.2) is 46.3 Å². The van der Waals surface area contributed by atoms with Crippen molar-refractivity contribution in [3.8, 4) is 0 Å². The molecule has 1 aliphatic heterocycles. The number of aliphatic hydroxyl groups is 2. The number of benzene rings is 1. The minimum Gasteiger partial charge on any atom is -0.392 e. The molecule has 0 spiro atoms. The first-order chi connectivity index (χ1) is 16.0. The third-order valence-electron chi connectivity index (χ3n) is 7.88. The average Bonchev–Trinajstić information content (AvgIpc) is 3.32. The van der Waals surface area contributed by atoms with Crippen molar-refractivity contribution < 1.29 is 15.0 Å². The third kappa shape index (κ3) is 6.58. The number of hydrogen-bond donors (Lipinski definition) is 2. The number of amides is 1. The van der Waals surface area contributed by atoms with Crippen molar-refractivity contribution in [1.29, 1.82) is 0 Å². The van der Waals surface area contributed by atoms with Crippen molar-refractivity contribution in [2.24, 2.45) is 17.8 Å². The minimum absolute atomic E-state index is 0.122. The highest BCUT2D eigenvalue weighted by Crippen LogP contribution is 2.48. The zero-order valence-corrected chi connectivity index (χ0v) is 20.2. The van der Waals surface area contributed by atoms with Gasteiger partial charge in [-0.05, 0) is 75.7 Å². The van der Waals surface area contributed by atoms with E-state index in [0.717, 1.165) is 63.6 Å². The number of likely N-dealkylation sites (tertiary alicyclic amines) is 1. The van der Waals surface area contributed by atoms with Gasteiger partial charge in [-0.1, -0.05) is 53.6 Å². The zero-order chi connectivity index (χ0) is 23.2. The van der Waals surface area contributed by atoms with Crippen LogP contribution in [0.4, 0.5) is 0 Å². The summed E-state index contributed by atoms with van der Waals surface area (Å²) in [5.74, 6) is 1.36. The number of allylic oxidation sites excluding steroid dienone is 2. The summed E-state index contributed by atoms with van der Waals surface area (Å²) in [5.41, 5.74) is 3.85. The molecule has 0 bridgehead atoms. The number of aryl methyl sites for hydroxylation is 1. The van der Waals surface area contributed by atoms with Crippen LogP contribution in [0.25, 0.3) is 0 Å². The van der Waals surface area contributed by atoms with Crippen LogP contribution in [0.1, 0.15) is 68.9 Å². The summed E-state index contributed by atoms with van der Waals surface area (Å²) in [6.45, 7) is 3.96. The molecule has 4 heteroatoms. The molecule has 1 aromatic carbocycles. The smallest absolute Gasteiger partial charge is 0.222 e. The van der Waals surface area contributed by atoms with Crippen molar-refractivity contribution >= 4 is 5.91 Å². The lowest BCUT2D eigenvalue weighted by molar-refractivity contribution is -0.132. The van der Waals surface area contributed by atoms with Gasteiger partial charge in [0.2, 0.25) is 5.91 Å². The number of piperidine rings is 1. The Morgan fingerprint density at radius 3 is 2.82 bits per heavy atom. The molecule has 33 heavy (non-hydrogen) atoms. The van der Waals surface area contributed by atoms with Crippen molar-refractivity contribution in [3.63, 3.8) is 0 Å².